The summed E-state index contributed by atoms with van der Waals surface area (Å²) in [5.74, 6) is 0.722. The minimum absolute atomic E-state index is 0.0394. The summed E-state index contributed by atoms with van der Waals surface area (Å²) in [6.45, 7) is 4.01. The van der Waals surface area contributed by atoms with Crippen molar-refractivity contribution in [1.82, 2.24) is 14.5 Å². The number of likely N-dealkylation sites (tertiary alicyclic amines) is 1. The van der Waals surface area contributed by atoms with Gasteiger partial charge in [-0.1, -0.05) is 26.2 Å². The maximum Gasteiger partial charge on any atom is 0.262 e. The third-order valence-corrected chi connectivity index (χ3v) is 6.96. The molecule has 140 valence electrons. The lowest BCUT2D eigenvalue weighted by Crippen LogP contribution is -2.38. The van der Waals surface area contributed by atoms with Crippen LogP contribution in [0.15, 0.2) is 11.1 Å². The number of carbonyl (C=O) groups excluding carboxylic acids is 1. The summed E-state index contributed by atoms with van der Waals surface area (Å²) in [4.78, 5) is 34.4. The Kier molecular flexibility index (Phi) is 5.11. The highest BCUT2D eigenvalue weighted by molar-refractivity contribution is 7.18. The second kappa shape index (κ2) is 7.51. The number of rotatable bonds is 2. The summed E-state index contributed by atoms with van der Waals surface area (Å²) in [6.07, 6.45) is 10.5. The van der Waals surface area contributed by atoms with E-state index >= 15 is 0 Å². The molecule has 0 aromatic carbocycles. The summed E-state index contributed by atoms with van der Waals surface area (Å²) >= 11 is 1.66. The number of fused-ring (bicyclic) bond motifs is 3. The largest absolute Gasteiger partial charge is 0.341 e. The summed E-state index contributed by atoms with van der Waals surface area (Å²) in [6, 6.07) is 0. The first-order chi connectivity index (χ1) is 12.6. The molecule has 0 bridgehead atoms. The van der Waals surface area contributed by atoms with Crippen molar-refractivity contribution in [3.05, 3.63) is 27.1 Å². The summed E-state index contributed by atoms with van der Waals surface area (Å²) in [5.41, 5.74) is 1.15. The molecule has 2 aromatic rings. The van der Waals surface area contributed by atoms with Crippen molar-refractivity contribution in [1.29, 1.82) is 0 Å². The quantitative estimate of drug-likeness (QED) is 0.811. The van der Waals surface area contributed by atoms with E-state index in [4.69, 9.17) is 0 Å². The second-order valence-electron chi connectivity index (χ2n) is 7.86. The van der Waals surface area contributed by atoms with E-state index in [1.165, 1.54) is 34.3 Å². The molecule has 0 unspecified atom stereocenters. The molecule has 26 heavy (non-hydrogen) atoms. The molecule has 0 N–H and O–H groups in total. The van der Waals surface area contributed by atoms with Crippen LogP contribution in [0.2, 0.25) is 0 Å². The molecule has 1 atom stereocenters. The molecule has 1 aliphatic heterocycles. The average molecular weight is 374 g/mol. The first kappa shape index (κ1) is 17.7. The Morgan fingerprint density at radius 2 is 1.96 bits per heavy atom. The van der Waals surface area contributed by atoms with Crippen LogP contribution in [0, 0.1) is 5.92 Å². The molecule has 6 heteroatoms. The Labute approximate surface area is 158 Å². The van der Waals surface area contributed by atoms with Crippen molar-refractivity contribution in [3.8, 4) is 0 Å². The van der Waals surface area contributed by atoms with Crippen molar-refractivity contribution in [2.24, 2.45) is 5.92 Å². The van der Waals surface area contributed by atoms with Gasteiger partial charge in [-0.15, -0.1) is 11.3 Å². The van der Waals surface area contributed by atoms with Crippen molar-refractivity contribution in [2.75, 3.05) is 13.1 Å². The molecule has 0 spiro atoms. The number of aryl methyl sites for hydroxylation is 1. The zero-order valence-corrected chi connectivity index (χ0v) is 16.3. The Balaban J connectivity index is 1.59. The highest BCUT2D eigenvalue weighted by Crippen LogP contribution is 2.35. The summed E-state index contributed by atoms with van der Waals surface area (Å²) < 4.78 is 1.52. The molecule has 1 aliphatic carbocycles. The Morgan fingerprint density at radius 3 is 2.73 bits per heavy atom. The van der Waals surface area contributed by atoms with Gasteiger partial charge in [0, 0.05) is 18.0 Å². The van der Waals surface area contributed by atoms with Crippen molar-refractivity contribution < 1.29 is 4.79 Å². The molecular weight excluding hydrogens is 346 g/mol. The first-order valence-corrected chi connectivity index (χ1v) is 10.7. The van der Waals surface area contributed by atoms with Gasteiger partial charge in [0.15, 0.2) is 0 Å². The molecule has 0 radical (unpaired) electrons. The topological polar surface area (TPSA) is 55.2 Å². The first-order valence-electron chi connectivity index (χ1n) is 9.91. The monoisotopic (exact) mass is 373 g/mol. The molecule has 1 fully saturated rings. The fraction of sp³-hybridized carbons (Fsp3) is 0.650. The van der Waals surface area contributed by atoms with E-state index in [0.717, 1.165) is 55.4 Å². The van der Waals surface area contributed by atoms with E-state index in [9.17, 15) is 9.59 Å². The van der Waals surface area contributed by atoms with E-state index in [0.29, 0.717) is 5.92 Å². The Hall–Kier alpha value is -1.69. The fourth-order valence-electron chi connectivity index (χ4n) is 4.22. The minimum Gasteiger partial charge on any atom is -0.341 e. The van der Waals surface area contributed by atoms with Crippen LogP contribution in [-0.4, -0.2) is 33.4 Å². The highest BCUT2D eigenvalue weighted by atomic mass is 32.1. The predicted molar refractivity (Wildman–Crippen MR) is 105 cm³/mol. The van der Waals surface area contributed by atoms with Gasteiger partial charge >= 0.3 is 0 Å². The van der Waals surface area contributed by atoms with Crippen molar-refractivity contribution in [3.63, 3.8) is 0 Å². The summed E-state index contributed by atoms with van der Waals surface area (Å²) in [5, 5.41) is 0.764. The van der Waals surface area contributed by atoms with Crippen LogP contribution in [0.3, 0.4) is 0 Å². The second-order valence-corrected chi connectivity index (χ2v) is 8.94. The number of hydrogen-bond donors (Lipinski definition) is 0. The number of thiophene rings is 1. The van der Waals surface area contributed by atoms with E-state index in [-0.39, 0.29) is 18.0 Å². The van der Waals surface area contributed by atoms with E-state index in [1.54, 1.807) is 17.7 Å². The summed E-state index contributed by atoms with van der Waals surface area (Å²) in [7, 11) is 0. The van der Waals surface area contributed by atoms with Gasteiger partial charge in [0.05, 0.1) is 11.7 Å². The normalized spacial score (nSPS) is 21.3. The van der Waals surface area contributed by atoms with Crippen LogP contribution in [0.5, 0.6) is 0 Å². The van der Waals surface area contributed by atoms with Crippen molar-refractivity contribution in [2.45, 2.75) is 64.8 Å². The zero-order valence-electron chi connectivity index (χ0n) is 15.5. The number of carbonyl (C=O) groups is 1. The van der Waals surface area contributed by atoms with Gasteiger partial charge in [-0.05, 0) is 43.6 Å². The van der Waals surface area contributed by atoms with Crippen LogP contribution in [-0.2, 0) is 24.2 Å². The lowest BCUT2D eigenvalue weighted by molar-refractivity contribution is -0.132. The van der Waals surface area contributed by atoms with Crippen LogP contribution in [0.25, 0.3) is 10.2 Å². The molecular formula is C20H27N3O2S. The van der Waals surface area contributed by atoms with Gasteiger partial charge in [0.25, 0.3) is 5.56 Å². The maximum atomic E-state index is 13.0. The average Bonchev–Trinajstić information content (AvgIpc) is 2.95. The van der Waals surface area contributed by atoms with Gasteiger partial charge < -0.3 is 4.90 Å². The van der Waals surface area contributed by atoms with Crippen molar-refractivity contribution >= 4 is 27.5 Å². The molecule has 3 heterocycles. The predicted octanol–water partition coefficient (Wildman–Crippen LogP) is 3.38. The lowest BCUT2D eigenvalue weighted by atomic mass is 9.89. The molecule has 1 amide bonds. The van der Waals surface area contributed by atoms with Gasteiger partial charge in [0.1, 0.15) is 11.4 Å². The smallest absolute Gasteiger partial charge is 0.262 e. The van der Waals surface area contributed by atoms with E-state index in [1.807, 2.05) is 4.90 Å². The molecule has 4 rings (SSSR count). The van der Waals surface area contributed by atoms with Crippen LogP contribution in [0.1, 0.15) is 55.9 Å². The third kappa shape index (κ3) is 3.43. The zero-order chi connectivity index (χ0) is 18.1. The Morgan fingerprint density at radius 1 is 1.23 bits per heavy atom. The number of hydrogen-bond acceptors (Lipinski definition) is 4. The molecule has 5 nitrogen and oxygen atoms in total. The van der Waals surface area contributed by atoms with Crippen LogP contribution < -0.4 is 5.56 Å². The third-order valence-electron chi connectivity index (χ3n) is 5.80. The molecule has 2 aliphatic rings. The lowest BCUT2D eigenvalue weighted by Gasteiger charge is -2.25. The van der Waals surface area contributed by atoms with Crippen LogP contribution in [0.4, 0.5) is 0 Å². The fourth-order valence-corrected chi connectivity index (χ4v) is 5.56. The SMILES string of the molecule is C[C@H]1CCc2c(sc3ncn(CC(=O)N4CCCCCCC4)c(=O)c23)C1. The van der Waals surface area contributed by atoms with Gasteiger partial charge in [0.2, 0.25) is 5.91 Å². The molecule has 0 saturated carbocycles. The number of amides is 1. The highest BCUT2D eigenvalue weighted by Gasteiger charge is 2.24. The number of aromatic nitrogens is 2. The van der Waals surface area contributed by atoms with Gasteiger partial charge in [-0.25, -0.2) is 4.98 Å². The van der Waals surface area contributed by atoms with Crippen LogP contribution >= 0.6 is 11.3 Å². The molecule has 2 aromatic heterocycles. The Bertz CT molecular complexity index is 862. The standard InChI is InChI=1S/C20H27N3O2S/c1-14-7-8-15-16(11-14)26-19-18(15)20(25)23(13-21-19)12-17(24)22-9-5-3-2-4-6-10-22/h13-14H,2-12H2,1H3/t14-/m0/s1. The van der Waals surface area contributed by atoms with Gasteiger partial charge in [-0.2, -0.15) is 0 Å². The van der Waals surface area contributed by atoms with Gasteiger partial charge in [-0.3, -0.25) is 14.2 Å². The maximum absolute atomic E-state index is 13.0. The van der Waals surface area contributed by atoms with E-state index in [2.05, 4.69) is 11.9 Å². The van der Waals surface area contributed by atoms with E-state index < -0.39 is 0 Å². The molecule has 1 saturated heterocycles. The number of nitrogens with zero attached hydrogens (tertiary/aromatic N) is 3. The minimum atomic E-state index is -0.0394.